The van der Waals surface area contributed by atoms with Gasteiger partial charge in [0.2, 0.25) is 0 Å². The first-order valence-corrected chi connectivity index (χ1v) is 10.2. The van der Waals surface area contributed by atoms with Crippen molar-refractivity contribution in [2.75, 3.05) is 18.5 Å². The van der Waals surface area contributed by atoms with Crippen LogP contribution in [-0.4, -0.2) is 39.2 Å². The molecule has 0 aliphatic carbocycles. The van der Waals surface area contributed by atoms with E-state index in [1.165, 1.54) is 4.80 Å². The maximum Gasteiger partial charge on any atom is 0.262 e. The highest BCUT2D eigenvalue weighted by atomic mass is 16.5. The summed E-state index contributed by atoms with van der Waals surface area (Å²) in [4.78, 5) is 14.0. The molecule has 0 saturated heterocycles. The molecule has 4 rings (SSSR count). The van der Waals surface area contributed by atoms with E-state index in [0.717, 1.165) is 34.3 Å². The van der Waals surface area contributed by atoms with Gasteiger partial charge in [-0.2, -0.15) is 0 Å². The molecule has 1 heterocycles. The summed E-state index contributed by atoms with van der Waals surface area (Å²) in [5.74, 6) is 0.241. The monoisotopic (exact) mass is 416 g/mol. The molecule has 0 aliphatic rings. The lowest BCUT2D eigenvalue weighted by molar-refractivity contribution is -0.118. The van der Waals surface area contributed by atoms with Gasteiger partial charge in [-0.05, 0) is 54.3 Å². The SMILES string of the molecule is CCc1ccccc1NC(=O)COc1ccc(CCO)cc1-n1nc2ccccc2n1. The van der Waals surface area contributed by atoms with Gasteiger partial charge in [0.05, 0.1) is 0 Å². The van der Waals surface area contributed by atoms with Crippen molar-refractivity contribution in [3.05, 3.63) is 77.9 Å². The van der Waals surface area contributed by atoms with Crippen LogP contribution in [0.15, 0.2) is 66.7 Å². The van der Waals surface area contributed by atoms with Gasteiger partial charge >= 0.3 is 0 Å². The molecule has 0 spiro atoms. The summed E-state index contributed by atoms with van der Waals surface area (Å²) >= 11 is 0. The number of nitrogens with one attached hydrogen (secondary N) is 1. The molecule has 158 valence electrons. The van der Waals surface area contributed by atoms with Gasteiger partial charge in [0.1, 0.15) is 22.5 Å². The first-order chi connectivity index (χ1) is 15.2. The molecule has 2 N–H and O–H groups in total. The Morgan fingerprint density at radius 1 is 1.03 bits per heavy atom. The highest BCUT2D eigenvalue weighted by Gasteiger charge is 2.14. The summed E-state index contributed by atoms with van der Waals surface area (Å²) in [7, 11) is 0. The number of amides is 1. The van der Waals surface area contributed by atoms with E-state index in [9.17, 15) is 9.90 Å². The fourth-order valence-corrected chi connectivity index (χ4v) is 3.37. The van der Waals surface area contributed by atoms with Crippen LogP contribution in [0.1, 0.15) is 18.1 Å². The van der Waals surface area contributed by atoms with Crippen molar-refractivity contribution in [3.8, 4) is 11.4 Å². The van der Waals surface area contributed by atoms with Crippen molar-refractivity contribution in [2.24, 2.45) is 0 Å². The second-order valence-electron chi connectivity index (χ2n) is 7.10. The van der Waals surface area contributed by atoms with E-state index in [4.69, 9.17) is 4.74 Å². The minimum absolute atomic E-state index is 0.0351. The number of fused-ring (bicyclic) bond motifs is 1. The smallest absolute Gasteiger partial charge is 0.262 e. The number of aliphatic hydroxyl groups excluding tert-OH is 1. The number of nitrogens with zero attached hydrogens (tertiary/aromatic N) is 3. The van der Waals surface area contributed by atoms with Crippen LogP contribution in [0, 0.1) is 0 Å². The number of benzene rings is 3. The summed E-state index contributed by atoms with van der Waals surface area (Å²) in [5.41, 5.74) is 4.91. The quantitative estimate of drug-likeness (QED) is 0.459. The van der Waals surface area contributed by atoms with Gasteiger partial charge < -0.3 is 15.2 Å². The standard InChI is InChI=1S/C24H24N4O3/c1-2-18-7-3-4-8-19(18)25-24(30)16-31-23-12-11-17(13-14-29)15-22(23)28-26-20-9-5-6-10-21(20)27-28/h3-12,15,29H,2,13-14,16H2,1H3,(H,25,30). The molecule has 7 heteroatoms. The Morgan fingerprint density at radius 3 is 2.45 bits per heavy atom. The summed E-state index contributed by atoms with van der Waals surface area (Å²) in [6.07, 6.45) is 1.33. The van der Waals surface area contributed by atoms with Crippen molar-refractivity contribution in [3.63, 3.8) is 0 Å². The van der Waals surface area contributed by atoms with Gasteiger partial charge in [-0.25, -0.2) is 0 Å². The van der Waals surface area contributed by atoms with E-state index in [2.05, 4.69) is 15.5 Å². The molecular formula is C24H24N4O3. The normalized spacial score (nSPS) is 10.9. The molecule has 0 saturated carbocycles. The fraction of sp³-hybridized carbons (Fsp3) is 0.208. The van der Waals surface area contributed by atoms with Crippen molar-refractivity contribution in [1.29, 1.82) is 0 Å². The van der Waals surface area contributed by atoms with E-state index in [1.807, 2.05) is 67.6 Å². The Morgan fingerprint density at radius 2 is 1.74 bits per heavy atom. The average Bonchev–Trinajstić information content (AvgIpc) is 3.23. The molecule has 3 aromatic carbocycles. The maximum atomic E-state index is 12.5. The third-order valence-corrected chi connectivity index (χ3v) is 4.96. The molecule has 0 aliphatic heterocycles. The first kappa shape index (κ1) is 20.6. The Kier molecular flexibility index (Phi) is 6.24. The summed E-state index contributed by atoms with van der Waals surface area (Å²) in [5, 5.41) is 21.3. The Hall–Kier alpha value is -3.71. The number of rotatable bonds is 8. The van der Waals surface area contributed by atoms with E-state index in [-0.39, 0.29) is 19.1 Å². The zero-order chi connectivity index (χ0) is 21.6. The maximum absolute atomic E-state index is 12.5. The van der Waals surface area contributed by atoms with Gasteiger partial charge in [-0.15, -0.1) is 15.0 Å². The van der Waals surface area contributed by atoms with Crippen molar-refractivity contribution >= 4 is 22.6 Å². The molecule has 0 unspecified atom stereocenters. The number of ether oxygens (including phenoxy) is 1. The molecule has 1 aromatic heterocycles. The lowest BCUT2D eigenvalue weighted by Crippen LogP contribution is -2.21. The van der Waals surface area contributed by atoms with Crippen LogP contribution >= 0.6 is 0 Å². The second-order valence-corrected chi connectivity index (χ2v) is 7.10. The molecular weight excluding hydrogens is 392 g/mol. The minimum Gasteiger partial charge on any atom is -0.481 e. The third kappa shape index (κ3) is 4.73. The van der Waals surface area contributed by atoms with Gasteiger partial charge in [0, 0.05) is 12.3 Å². The Balaban J connectivity index is 1.56. The van der Waals surface area contributed by atoms with Gasteiger partial charge in [-0.3, -0.25) is 4.79 Å². The third-order valence-electron chi connectivity index (χ3n) is 4.96. The van der Waals surface area contributed by atoms with Crippen LogP contribution in [0.5, 0.6) is 5.75 Å². The van der Waals surface area contributed by atoms with Crippen LogP contribution in [0.2, 0.25) is 0 Å². The predicted octanol–water partition coefficient (Wildman–Crippen LogP) is 3.54. The van der Waals surface area contributed by atoms with Gasteiger partial charge in [-0.1, -0.05) is 43.3 Å². The topological polar surface area (TPSA) is 89.3 Å². The van der Waals surface area contributed by atoms with Crippen LogP contribution in [0.25, 0.3) is 16.7 Å². The molecule has 0 bridgehead atoms. The number of anilines is 1. The number of para-hydroxylation sites is 1. The van der Waals surface area contributed by atoms with Crippen LogP contribution in [0.3, 0.4) is 0 Å². The summed E-state index contributed by atoms with van der Waals surface area (Å²) < 4.78 is 5.85. The summed E-state index contributed by atoms with van der Waals surface area (Å²) in [6.45, 7) is 1.93. The fourth-order valence-electron chi connectivity index (χ4n) is 3.37. The highest BCUT2D eigenvalue weighted by molar-refractivity contribution is 5.92. The van der Waals surface area contributed by atoms with Crippen molar-refractivity contribution in [1.82, 2.24) is 15.0 Å². The number of aliphatic hydroxyl groups is 1. The molecule has 4 aromatic rings. The van der Waals surface area contributed by atoms with Gasteiger partial charge in [0.15, 0.2) is 6.61 Å². The minimum atomic E-state index is -0.245. The lowest BCUT2D eigenvalue weighted by atomic mass is 10.1. The number of aromatic nitrogens is 3. The van der Waals surface area contributed by atoms with Crippen LogP contribution in [-0.2, 0) is 17.6 Å². The highest BCUT2D eigenvalue weighted by Crippen LogP contribution is 2.25. The zero-order valence-corrected chi connectivity index (χ0v) is 17.3. The second kappa shape index (κ2) is 9.40. The molecule has 31 heavy (non-hydrogen) atoms. The van der Waals surface area contributed by atoms with Crippen molar-refractivity contribution in [2.45, 2.75) is 19.8 Å². The predicted molar refractivity (Wildman–Crippen MR) is 120 cm³/mol. The Labute approximate surface area is 180 Å². The Bertz CT molecular complexity index is 1170. The van der Waals surface area contributed by atoms with Crippen LogP contribution in [0.4, 0.5) is 5.69 Å². The van der Waals surface area contributed by atoms with Gasteiger partial charge in [0.25, 0.3) is 5.91 Å². The van der Waals surface area contributed by atoms with E-state index >= 15 is 0 Å². The number of hydrogen-bond donors (Lipinski definition) is 2. The number of hydrogen-bond acceptors (Lipinski definition) is 5. The zero-order valence-electron chi connectivity index (χ0n) is 17.3. The average molecular weight is 416 g/mol. The van der Waals surface area contributed by atoms with E-state index in [1.54, 1.807) is 6.07 Å². The first-order valence-electron chi connectivity index (χ1n) is 10.2. The summed E-state index contributed by atoms with van der Waals surface area (Å²) in [6, 6.07) is 20.8. The van der Waals surface area contributed by atoms with E-state index < -0.39 is 0 Å². The number of aryl methyl sites for hydroxylation is 1. The lowest BCUT2D eigenvalue weighted by Gasteiger charge is -2.13. The molecule has 0 fully saturated rings. The van der Waals surface area contributed by atoms with Crippen molar-refractivity contribution < 1.29 is 14.6 Å². The molecule has 0 atom stereocenters. The molecule has 0 radical (unpaired) electrons. The van der Waals surface area contributed by atoms with Crippen LogP contribution < -0.4 is 10.1 Å². The largest absolute Gasteiger partial charge is 0.481 e. The number of carbonyl (C=O) groups is 1. The number of carbonyl (C=O) groups excluding carboxylic acids is 1. The molecule has 1 amide bonds. The van der Waals surface area contributed by atoms with E-state index in [0.29, 0.717) is 17.9 Å². The molecule has 7 nitrogen and oxygen atoms in total.